The topological polar surface area (TPSA) is 48.8 Å². The molecule has 3 rings (SSSR count). The number of nitriles is 1. The predicted octanol–water partition coefficient (Wildman–Crippen LogP) is 4.92. The van der Waals surface area contributed by atoms with Gasteiger partial charge in [-0.05, 0) is 30.5 Å². The molecule has 1 aromatic heterocycles. The van der Waals surface area contributed by atoms with E-state index < -0.39 is 0 Å². The van der Waals surface area contributed by atoms with Crippen molar-refractivity contribution < 1.29 is 4.74 Å². The standard InChI is InChI=1S/C20H20N2O/c1-14-8-10-15(11-9-14)16(6-4-12-21)18-13-22-20-17(18)5-3-7-19(20)23-2/h3,5,7-11,13,16,22H,4,6H2,1-2H3. The summed E-state index contributed by atoms with van der Waals surface area (Å²) in [4.78, 5) is 3.34. The lowest BCUT2D eigenvalue weighted by Gasteiger charge is -2.16. The van der Waals surface area contributed by atoms with E-state index in [0.29, 0.717) is 6.42 Å². The van der Waals surface area contributed by atoms with Gasteiger partial charge in [0.15, 0.2) is 0 Å². The molecule has 1 unspecified atom stereocenters. The minimum atomic E-state index is 0.205. The molecular weight excluding hydrogens is 284 g/mol. The van der Waals surface area contributed by atoms with Gasteiger partial charge in [0, 0.05) is 23.9 Å². The molecule has 0 amide bonds. The Kier molecular flexibility index (Phi) is 4.34. The quantitative estimate of drug-likeness (QED) is 0.727. The maximum absolute atomic E-state index is 9.02. The van der Waals surface area contributed by atoms with Gasteiger partial charge in [0.2, 0.25) is 0 Å². The highest BCUT2D eigenvalue weighted by Crippen LogP contribution is 2.36. The lowest BCUT2D eigenvalue weighted by atomic mass is 9.87. The molecule has 0 aliphatic rings. The van der Waals surface area contributed by atoms with E-state index in [1.807, 2.05) is 12.1 Å². The molecule has 0 saturated heterocycles. The Bertz CT molecular complexity index is 840. The molecule has 116 valence electrons. The van der Waals surface area contributed by atoms with Gasteiger partial charge in [0.05, 0.1) is 18.7 Å². The molecule has 0 radical (unpaired) electrons. The molecular formula is C20H20N2O. The minimum absolute atomic E-state index is 0.205. The summed E-state index contributed by atoms with van der Waals surface area (Å²) in [7, 11) is 1.68. The fraction of sp³-hybridized carbons (Fsp3) is 0.250. The monoisotopic (exact) mass is 304 g/mol. The first-order valence-corrected chi connectivity index (χ1v) is 7.82. The number of hydrogen-bond acceptors (Lipinski definition) is 2. The van der Waals surface area contributed by atoms with E-state index in [2.05, 4.69) is 54.5 Å². The Hall–Kier alpha value is -2.73. The Morgan fingerprint density at radius 2 is 1.96 bits per heavy atom. The third kappa shape index (κ3) is 2.93. The van der Waals surface area contributed by atoms with Crippen LogP contribution in [0.4, 0.5) is 0 Å². The second-order valence-electron chi connectivity index (χ2n) is 5.79. The van der Waals surface area contributed by atoms with Crippen LogP contribution in [-0.2, 0) is 0 Å². The number of hydrogen-bond donors (Lipinski definition) is 1. The van der Waals surface area contributed by atoms with Gasteiger partial charge in [0.25, 0.3) is 0 Å². The molecule has 0 aliphatic heterocycles. The van der Waals surface area contributed by atoms with Crippen molar-refractivity contribution >= 4 is 10.9 Å². The van der Waals surface area contributed by atoms with Gasteiger partial charge < -0.3 is 9.72 Å². The number of methoxy groups -OCH3 is 1. The molecule has 0 aliphatic carbocycles. The average Bonchev–Trinajstić information content (AvgIpc) is 3.01. The zero-order valence-corrected chi connectivity index (χ0v) is 13.5. The van der Waals surface area contributed by atoms with Crippen molar-refractivity contribution in [1.82, 2.24) is 4.98 Å². The fourth-order valence-corrected chi connectivity index (χ4v) is 3.12. The van der Waals surface area contributed by atoms with E-state index in [9.17, 15) is 0 Å². The summed E-state index contributed by atoms with van der Waals surface area (Å²) in [6.07, 6.45) is 3.40. The molecule has 1 atom stereocenters. The molecule has 3 nitrogen and oxygen atoms in total. The number of aromatic amines is 1. The molecule has 0 spiro atoms. The van der Waals surface area contributed by atoms with Gasteiger partial charge in [-0.2, -0.15) is 5.26 Å². The van der Waals surface area contributed by atoms with Crippen molar-refractivity contribution in [2.75, 3.05) is 7.11 Å². The number of rotatable bonds is 5. The second-order valence-corrected chi connectivity index (χ2v) is 5.79. The van der Waals surface area contributed by atoms with Crippen LogP contribution in [0.25, 0.3) is 10.9 Å². The van der Waals surface area contributed by atoms with Crippen LogP contribution in [-0.4, -0.2) is 12.1 Å². The van der Waals surface area contributed by atoms with Crippen molar-refractivity contribution in [2.45, 2.75) is 25.7 Å². The molecule has 0 saturated carbocycles. The van der Waals surface area contributed by atoms with Crippen LogP contribution in [0.1, 0.15) is 35.4 Å². The van der Waals surface area contributed by atoms with E-state index in [1.165, 1.54) is 16.7 Å². The molecule has 0 bridgehead atoms. The van der Waals surface area contributed by atoms with Crippen molar-refractivity contribution in [3.63, 3.8) is 0 Å². The van der Waals surface area contributed by atoms with Crippen molar-refractivity contribution in [3.05, 3.63) is 65.4 Å². The van der Waals surface area contributed by atoms with E-state index in [4.69, 9.17) is 10.00 Å². The van der Waals surface area contributed by atoms with Crippen LogP contribution in [0.15, 0.2) is 48.7 Å². The summed E-state index contributed by atoms with van der Waals surface area (Å²) in [5.74, 6) is 1.05. The highest BCUT2D eigenvalue weighted by molar-refractivity contribution is 5.89. The van der Waals surface area contributed by atoms with Crippen molar-refractivity contribution in [2.24, 2.45) is 0 Å². The number of aryl methyl sites for hydroxylation is 1. The maximum Gasteiger partial charge on any atom is 0.142 e. The highest BCUT2D eigenvalue weighted by atomic mass is 16.5. The Morgan fingerprint density at radius 1 is 1.17 bits per heavy atom. The number of benzene rings is 2. The summed E-state index contributed by atoms with van der Waals surface area (Å²) in [5.41, 5.74) is 4.72. The number of para-hydroxylation sites is 1. The summed E-state index contributed by atoms with van der Waals surface area (Å²) >= 11 is 0. The zero-order chi connectivity index (χ0) is 16.2. The van der Waals surface area contributed by atoms with Gasteiger partial charge in [0.1, 0.15) is 5.75 Å². The largest absolute Gasteiger partial charge is 0.495 e. The fourth-order valence-electron chi connectivity index (χ4n) is 3.12. The van der Waals surface area contributed by atoms with Gasteiger partial charge in [-0.15, -0.1) is 0 Å². The van der Waals surface area contributed by atoms with Crippen LogP contribution in [0.3, 0.4) is 0 Å². The molecule has 3 heteroatoms. The summed E-state index contributed by atoms with van der Waals surface area (Å²) < 4.78 is 5.44. The second kappa shape index (κ2) is 6.58. The third-order valence-electron chi connectivity index (χ3n) is 4.33. The van der Waals surface area contributed by atoms with E-state index >= 15 is 0 Å². The van der Waals surface area contributed by atoms with Gasteiger partial charge in [-0.1, -0.05) is 42.0 Å². The predicted molar refractivity (Wildman–Crippen MR) is 92.7 cm³/mol. The molecule has 2 aromatic carbocycles. The SMILES string of the molecule is COc1cccc2c(C(CCC#N)c3ccc(C)cc3)c[nH]c12. The van der Waals surface area contributed by atoms with Gasteiger partial charge in [-0.3, -0.25) is 0 Å². The highest BCUT2D eigenvalue weighted by Gasteiger charge is 2.19. The van der Waals surface area contributed by atoms with Crippen LogP contribution in [0, 0.1) is 18.3 Å². The van der Waals surface area contributed by atoms with Crippen LogP contribution in [0.5, 0.6) is 5.75 Å². The molecule has 3 aromatic rings. The number of fused-ring (bicyclic) bond motifs is 1. The number of aromatic nitrogens is 1. The first kappa shape index (κ1) is 15.2. The van der Waals surface area contributed by atoms with Crippen LogP contribution in [0.2, 0.25) is 0 Å². The Labute approximate surface area is 136 Å². The van der Waals surface area contributed by atoms with E-state index in [0.717, 1.165) is 23.1 Å². The lowest BCUT2D eigenvalue weighted by Crippen LogP contribution is -2.00. The number of H-pyrrole nitrogens is 1. The molecule has 0 fully saturated rings. The van der Waals surface area contributed by atoms with Crippen LogP contribution < -0.4 is 4.74 Å². The van der Waals surface area contributed by atoms with Crippen molar-refractivity contribution in [3.8, 4) is 11.8 Å². The zero-order valence-electron chi connectivity index (χ0n) is 13.5. The van der Waals surface area contributed by atoms with Gasteiger partial charge >= 0.3 is 0 Å². The number of nitrogens with one attached hydrogen (secondary N) is 1. The van der Waals surface area contributed by atoms with E-state index in [-0.39, 0.29) is 5.92 Å². The van der Waals surface area contributed by atoms with E-state index in [1.54, 1.807) is 7.11 Å². The third-order valence-corrected chi connectivity index (χ3v) is 4.33. The first-order valence-electron chi connectivity index (χ1n) is 7.82. The van der Waals surface area contributed by atoms with Crippen molar-refractivity contribution in [1.29, 1.82) is 5.26 Å². The summed E-state index contributed by atoms with van der Waals surface area (Å²) in [6.45, 7) is 2.09. The normalized spacial score (nSPS) is 12.0. The maximum atomic E-state index is 9.02. The lowest BCUT2D eigenvalue weighted by molar-refractivity contribution is 0.419. The smallest absolute Gasteiger partial charge is 0.142 e. The molecule has 1 heterocycles. The van der Waals surface area contributed by atoms with Gasteiger partial charge in [-0.25, -0.2) is 0 Å². The summed E-state index contributed by atoms with van der Waals surface area (Å²) in [5, 5.41) is 10.2. The Morgan fingerprint density at radius 3 is 2.65 bits per heavy atom. The Balaban J connectivity index is 2.10. The number of ether oxygens (including phenoxy) is 1. The average molecular weight is 304 g/mol. The molecule has 1 N–H and O–H groups in total. The van der Waals surface area contributed by atoms with Crippen LogP contribution >= 0.6 is 0 Å². The molecule has 23 heavy (non-hydrogen) atoms. The summed E-state index contributed by atoms with van der Waals surface area (Å²) in [6, 6.07) is 16.9. The first-order chi connectivity index (χ1) is 11.2. The number of nitrogens with zero attached hydrogens (tertiary/aromatic N) is 1. The minimum Gasteiger partial charge on any atom is -0.495 e.